The van der Waals surface area contributed by atoms with Crippen molar-refractivity contribution >= 4 is 22.4 Å². The SMILES string of the molecule is Cc1cccc(C)c1CNc1ccc2nc(-n3cccn3)nc(NC3CC3)c2c1. The average Bonchev–Trinajstić information content (AvgIpc) is 3.36. The summed E-state index contributed by atoms with van der Waals surface area (Å²) in [6.45, 7) is 5.11. The van der Waals surface area contributed by atoms with Crippen LogP contribution in [-0.2, 0) is 6.54 Å². The second kappa shape index (κ2) is 7.20. The Labute approximate surface area is 170 Å². The van der Waals surface area contributed by atoms with Gasteiger partial charge in [0, 0.05) is 36.1 Å². The monoisotopic (exact) mass is 384 g/mol. The van der Waals surface area contributed by atoms with Crippen molar-refractivity contribution in [1.29, 1.82) is 0 Å². The van der Waals surface area contributed by atoms with Crippen LogP contribution in [0.4, 0.5) is 11.5 Å². The van der Waals surface area contributed by atoms with Crippen LogP contribution in [0.25, 0.3) is 16.9 Å². The van der Waals surface area contributed by atoms with Gasteiger partial charge in [-0.2, -0.15) is 10.1 Å². The first-order chi connectivity index (χ1) is 14.2. The number of nitrogens with zero attached hydrogens (tertiary/aromatic N) is 4. The van der Waals surface area contributed by atoms with Gasteiger partial charge in [0.2, 0.25) is 0 Å². The number of hydrogen-bond donors (Lipinski definition) is 2. The second-order valence-corrected chi connectivity index (χ2v) is 7.70. The van der Waals surface area contributed by atoms with Crippen LogP contribution in [0.5, 0.6) is 0 Å². The fourth-order valence-electron chi connectivity index (χ4n) is 3.57. The lowest BCUT2D eigenvalue weighted by molar-refractivity contribution is 0.815. The number of aromatic nitrogens is 4. The zero-order valence-electron chi connectivity index (χ0n) is 16.7. The zero-order chi connectivity index (χ0) is 19.8. The summed E-state index contributed by atoms with van der Waals surface area (Å²) in [5, 5.41) is 12.4. The Morgan fingerprint density at radius 1 is 1.03 bits per heavy atom. The Bertz CT molecular complexity index is 1140. The maximum atomic E-state index is 4.76. The van der Waals surface area contributed by atoms with Gasteiger partial charge in [-0.25, -0.2) is 9.67 Å². The Morgan fingerprint density at radius 2 is 1.86 bits per heavy atom. The second-order valence-electron chi connectivity index (χ2n) is 7.70. The van der Waals surface area contributed by atoms with Crippen LogP contribution < -0.4 is 10.6 Å². The van der Waals surface area contributed by atoms with E-state index >= 15 is 0 Å². The van der Waals surface area contributed by atoms with Crippen LogP contribution in [0.3, 0.4) is 0 Å². The molecule has 0 atom stereocenters. The molecule has 4 aromatic rings. The molecule has 1 aliphatic rings. The summed E-state index contributed by atoms with van der Waals surface area (Å²) in [6, 6.07) is 15.1. The molecule has 0 bridgehead atoms. The van der Waals surface area contributed by atoms with E-state index in [0.717, 1.165) is 29.0 Å². The van der Waals surface area contributed by atoms with E-state index in [-0.39, 0.29) is 0 Å². The molecular weight excluding hydrogens is 360 g/mol. The highest BCUT2D eigenvalue weighted by Gasteiger charge is 2.23. The van der Waals surface area contributed by atoms with Gasteiger partial charge in [0.25, 0.3) is 5.95 Å². The van der Waals surface area contributed by atoms with Crippen molar-refractivity contribution in [3.8, 4) is 5.95 Å². The molecule has 2 N–H and O–H groups in total. The topological polar surface area (TPSA) is 67.7 Å². The standard InChI is InChI=1S/C23H24N6/c1-15-5-3-6-16(2)20(15)14-24-18-9-10-21-19(13-18)22(26-17-7-8-17)28-23(27-21)29-12-4-11-25-29/h3-6,9-13,17,24H,7-8,14H2,1-2H3,(H,26,27,28). The molecule has 146 valence electrons. The molecule has 29 heavy (non-hydrogen) atoms. The molecule has 0 aliphatic heterocycles. The van der Waals surface area contributed by atoms with Gasteiger partial charge < -0.3 is 10.6 Å². The lowest BCUT2D eigenvalue weighted by Gasteiger charge is -2.14. The van der Waals surface area contributed by atoms with Gasteiger partial charge in [-0.05, 0) is 67.6 Å². The van der Waals surface area contributed by atoms with E-state index in [2.05, 4.69) is 66.0 Å². The molecule has 0 unspecified atom stereocenters. The summed E-state index contributed by atoms with van der Waals surface area (Å²) in [5.41, 5.74) is 5.93. The predicted molar refractivity (Wildman–Crippen MR) is 117 cm³/mol. The lowest BCUT2D eigenvalue weighted by Crippen LogP contribution is -2.09. The summed E-state index contributed by atoms with van der Waals surface area (Å²) < 4.78 is 1.70. The van der Waals surface area contributed by atoms with E-state index in [1.165, 1.54) is 29.5 Å². The third-order valence-electron chi connectivity index (χ3n) is 5.43. The summed E-state index contributed by atoms with van der Waals surface area (Å²) >= 11 is 0. The fraction of sp³-hybridized carbons (Fsp3) is 0.261. The van der Waals surface area contributed by atoms with Gasteiger partial charge in [-0.15, -0.1) is 0 Å². The number of rotatable bonds is 6. The third kappa shape index (κ3) is 3.66. The van der Waals surface area contributed by atoms with Gasteiger partial charge in [-0.3, -0.25) is 0 Å². The number of hydrogen-bond acceptors (Lipinski definition) is 5. The van der Waals surface area contributed by atoms with Crippen molar-refractivity contribution in [3.63, 3.8) is 0 Å². The first-order valence-corrected chi connectivity index (χ1v) is 10.0. The molecule has 0 amide bonds. The Balaban J connectivity index is 1.49. The molecule has 0 radical (unpaired) electrons. The van der Waals surface area contributed by atoms with Crippen molar-refractivity contribution in [2.75, 3.05) is 10.6 Å². The van der Waals surface area contributed by atoms with Crippen LogP contribution in [0.1, 0.15) is 29.5 Å². The highest BCUT2D eigenvalue weighted by Crippen LogP contribution is 2.30. The molecule has 2 heterocycles. The van der Waals surface area contributed by atoms with Crippen molar-refractivity contribution < 1.29 is 0 Å². The molecule has 1 fully saturated rings. The first-order valence-electron chi connectivity index (χ1n) is 10.0. The highest BCUT2D eigenvalue weighted by atomic mass is 15.3. The van der Waals surface area contributed by atoms with E-state index < -0.39 is 0 Å². The molecule has 2 aromatic carbocycles. The molecule has 2 aromatic heterocycles. The number of anilines is 2. The van der Waals surface area contributed by atoms with Crippen LogP contribution in [-0.4, -0.2) is 25.8 Å². The van der Waals surface area contributed by atoms with Gasteiger partial charge in [-0.1, -0.05) is 18.2 Å². The van der Waals surface area contributed by atoms with E-state index in [9.17, 15) is 0 Å². The number of nitrogens with one attached hydrogen (secondary N) is 2. The van der Waals surface area contributed by atoms with Gasteiger partial charge in [0.1, 0.15) is 5.82 Å². The van der Waals surface area contributed by atoms with E-state index in [4.69, 9.17) is 9.97 Å². The van der Waals surface area contributed by atoms with Crippen LogP contribution in [0, 0.1) is 13.8 Å². The zero-order valence-corrected chi connectivity index (χ0v) is 16.7. The van der Waals surface area contributed by atoms with Crippen molar-refractivity contribution in [2.24, 2.45) is 0 Å². The average molecular weight is 384 g/mol. The first kappa shape index (κ1) is 17.7. The predicted octanol–water partition coefficient (Wildman–Crippen LogP) is 4.62. The highest BCUT2D eigenvalue weighted by molar-refractivity contribution is 5.92. The molecule has 5 rings (SSSR count). The van der Waals surface area contributed by atoms with E-state index in [1.54, 1.807) is 10.9 Å². The maximum absolute atomic E-state index is 4.76. The molecule has 0 saturated heterocycles. The van der Waals surface area contributed by atoms with Crippen LogP contribution in [0.2, 0.25) is 0 Å². The van der Waals surface area contributed by atoms with Crippen molar-refractivity contribution in [2.45, 2.75) is 39.3 Å². The maximum Gasteiger partial charge on any atom is 0.253 e. The minimum absolute atomic E-state index is 0.504. The smallest absolute Gasteiger partial charge is 0.253 e. The summed E-state index contributed by atoms with van der Waals surface area (Å²) in [4.78, 5) is 9.48. The van der Waals surface area contributed by atoms with Crippen LogP contribution >= 0.6 is 0 Å². The van der Waals surface area contributed by atoms with Crippen molar-refractivity contribution in [1.82, 2.24) is 19.7 Å². The molecule has 1 aliphatic carbocycles. The number of fused-ring (bicyclic) bond motifs is 1. The number of aryl methyl sites for hydroxylation is 2. The Hall–Kier alpha value is -3.41. The largest absolute Gasteiger partial charge is 0.381 e. The summed E-state index contributed by atoms with van der Waals surface area (Å²) in [6.07, 6.45) is 5.98. The van der Waals surface area contributed by atoms with E-state index in [0.29, 0.717) is 12.0 Å². The summed E-state index contributed by atoms with van der Waals surface area (Å²) in [5.74, 6) is 1.46. The van der Waals surface area contributed by atoms with Crippen LogP contribution in [0.15, 0.2) is 54.9 Å². The van der Waals surface area contributed by atoms with Crippen molar-refractivity contribution in [3.05, 3.63) is 71.5 Å². The fourth-order valence-corrected chi connectivity index (χ4v) is 3.57. The Kier molecular flexibility index (Phi) is 4.39. The summed E-state index contributed by atoms with van der Waals surface area (Å²) in [7, 11) is 0. The molecular formula is C23H24N6. The normalized spacial score (nSPS) is 13.6. The number of benzene rings is 2. The molecule has 0 spiro atoms. The third-order valence-corrected chi connectivity index (χ3v) is 5.43. The minimum Gasteiger partial charge on any atom is -0.381 e. The minimum atomic E-state index is 0.504. The molecule has 6 nitrogen and oxygen atoms in total. The van der Waals surface area contributed by atoms with Gasteiger partial charge in [0.05, 0.1) is 5.52 Å². The molecule has 6 heteroatoms. The quantitative estimate of drug-likeness (QED) is 0.508. The Morgan fingerprint density at radius 3 is 2.59 bits per heavy atom. The molecule has 1 saturated carbocycles. The lowest BCUT2D eigenvalue weighted by atomic mass is 10.0. The van der Waals surface area contributed by atoms with Gasteiger partial charge >= 0.3 is 0 Å². The van der Waals surface area contributed by atoms with Gasteiger partial charge in [0.15, 0.2) is 0 Å². The van der Waals surface area contributed by atoms with E-state index in [1.807, 2.05) is 12.3 Å².